The van der Waals surface area contributed by atoms with Crippen molar-refractivity contribution < 1.29 is 28.7 Å². The highest BCUT2D eigenvalue weighted by Crippen LogP contribution is 2.38. The first-order valence-electron chi connectivity index (χ1n) is 9.94. The lowest BCUT2D eigenvalue weighted by molar-refractivity contribution is -0.385. The van der Waals surface area contributed by atoms with E-state index in [-0.39, 0.29) is 41.0 Å². The molecule has 0 radical (unpaired) electrons. The molecule has 0 fully saturated rings. The van der Waals surface area contributed by atoms with Crippen LogP contribution >= 0.6 is 11.8 Å². The molecule has 0 unspecified atom stereocenters. The number of hydrogen-bond acceptors (Lipinski definition) is 12. The van der Waals surface area contributed by atoms with E-state index in [1.165, 1.54) is 18.2 Å². The lowest BCUT2D eigenvalue weighted by Gasteiger charge is -2.20. The van der Waals surface area contributed by atoms with Gasteiger partial charge in [-0.05, 0) is 52.1 Å². The number of nitrogens with zero attached hydrogens (tertiary/aromatic N) is 4. The van der Waals surface area contributed by atoms with E-state index in [0.717, 1.165) is 11.8 Å². The van der Waals surface area contributed by atoms with E-state index in [0.29, 0.717) is 0 Å². The third-order valence-corrected chi connectivity index (χ3v) is 4.39. The van der Waals surface area contributed by atoms with E-state index in [9.17, 15) is 25.0 Å². The van der Waals surface area contributed by atoms with E-state index < -0.39 is 34.0 Å². The molecule has 0 bridgehead atoms. The Kier molecular flexibility index (Phi) is 8.74. The van der Waals surface area contributed by atoms with Crippen LogP contribution in [0.15, 0.2) is 23.4 Å². The fourth-order valence-electron chi connectivity index (χ4n) is 2.52. The Bertz CT molecular complexity index is 1140. The Morgan fingerprint density at radius 1 is 1.29 bits per heavy atom. The molecule has 1 heterocycles. The third-order valence-electron chi connectivity index (χ3n) is 3.84. The van der Waals surface area contributed by atoms with Gasteiger partial charge in [0, 0.05) is 0 Å². The van der Waals surface area contributed by atoms with Gasteiger partial charge in [0.05, 0.1) is 23.2 Å². The zero-order valence-corrected chi connectivity index (χ0v) is 20.0. The van der Waals surface area contributed by atoms with Crippen LogP contribution in [0.5, 0.6) is 11.6 Å². The number of benzene rings is 1. The lowest BCUT2D eigenvalue weighted by atomic mass is 10.1. The van der Waals surface area contributed by atoms with Crippen LogP contribution in [0.2, 0.25) is 0 Å². The van der Waals surface area contributed by atoms with Gasteiger partial charge in [-0.1, -0.05) is 11.8 Å². The van der Waals surface area contributed by atoms with Crippen molar-refractivity contribution in [2.45, 2.75) is 38.5 Å². The second-order valence-electron chi connectivity index (χ2n) is 7.56. The smallest absolute Gasteiger partial charge is 0.373 e. The number of hydrogen-bond donors (Lipinski definition) is 1. The van der Waals surface area contributed by atoms with Crippen molar-refractivity contribution >= 4 is 35.2 Å². The summed E-state index contributed by atoms with van der Waals surface area (Å²) in [5.74, 6) is -2.33. The van der Waals surface area contributed by atoms with Crippen LogP contribution in [0.25, 0.3) is 0 Å². The van der Waals surface area contributed by atoms with Crippen LogP contribution in [0.3, 0.4) is 0 Å². The van der Waals surface area contributed by atoms with Gasteiger partial charge in [-0.3, -0.25) is 14.9 Å². The van der Waals surface area contributed by atoms with Gasteiger partial charge in [-0.25, -0.2) is 4.79 Å². The summed E-state index contributed by atoms with van der Waals surface area (Å²) in [7, 11) is 0. The number of carbonyl (C=O) groups is 2. The van der Waals surface area contributed by atoms with Crippen LogP contribution in [0.4, 0.5) is 11.5 Å². The number of carbonyl (C=O) groups excluding carboxylic acids is 2. The van der Waals surface area contributed by atoms with Crippen LogP contribution in [0.1, 0.15) is 43.6 Å². The summed E-state index contributed by atoms with van der Waals surface area (Å²) < 4.78 is 15.9. The molecule has 0 aliphatic rings. The van der Waals surface area contributed by atoms with E-state index in [2.05, 4.69) is 15.3 Å². The highest BCUT2D eigenvalue weighted by atomic mass is 32.2. The summed E-state index contributed by atoms with van der Waals surface area (Å²) in [4.78, 5) is 43.6. The van der Waals surface area contributed by atoms with Gasteiger partial charge >= 0.3 is 23.5 Å². The topological polar surface area (TPSA) is 167 Å². The molecule has 34 heavy (non-hydrogen) atoms. The molecule has 2 rings (SSSR count). The Labute approximate surface area is 199 Å². The molecule has 1 aromatic carbocycles. The van der Waals surface area contributed by atoms with Crippen molar-refractivity contribution in [3.63, 3.8) is 0 Å². The van der Waals surface area contributed by atoms with Crippen LogP contribution in [-0.2, 0) is 14.3 Å². The predicted octanol–water partition coefficient (Wildman–Crippen LogP) is 3.70. The van der Waals surface area contributed by atoms with Crippen LogP contribution in [0, 0.1) is 21.4 Å². The fourth-order valence-corrected chi connectivity index (χ4v) is 2.87. The summed E-state index contributed by atoms with van der Waals surface area (Å²) in [6.07, 6.45) is 1.64. The molecule has 0 spiro atoms. The number of thioether (sulfide) groups is 1. The quantitative estimate of drug-likeness (QED) is 0.179. The number of nitro groups is 1. The lowest BCUT2D eigenvalue weighted by Crippen LogP contribution is -2.24. The third kappa shape index (κ3) is 7.04. The first kappa shape index (κ1) is 26.3. The molecule has 0 saturated carbocycles. The summed E-state index contributed by atoms with van der Waals surface area (Å²) in [6.45, 7) is 6.41. The van der Waals surface area contributed by atoms with Crippen molar-refractivity contribution in [1.29, 1.82) is 5.26 Å². The maximum atomic E-state index is 12.7. The van der Waals surface area contributed by atoms with Gasteiger partial charge in [0.2, 0.25) is 5.82 Å². The van der Waals surface area contributed by atoms with Crippen LogP contribution in [-0.4, -0.2) is 51.8 Å². The van der Waals surface area contributed by atoms with E-state index in [4.69, 9.17) is 14.2 Å². The molecule has 0 aliphatic heterocycles. The van der Waals surface area contributed by atoms with Crippen molar-refractivity contribution in [1.82, 2.24) is 9.97 Å². The minimum Gasteiger partial charge on any atom is -0.465 e. The Morgan fingerprint density at radius 3 is 2.56 bits per heavy atom. The molecule has 13 heteroatoms. The normalized spacial score (nSPS) is 10.7. The van der Waals surface area contributed by atoms with Gasteiger partial charge in [0.1, 0.15) is 23.5 Å². The molecule has 0 atom stereocenters. The minimum atomic E-state index is -0.820. The number of aromatic nitrogens is 2. The summed E-state index contributed by atoms with van der Waals surface area (Å²) in [6, 6.07) is 5.88. The summed E-state index contributed by atoms with van der Waals surface area (Å²) in [5.41, 5.74) is -1.41. The fraction of sp³-hybridized carbons (Fsp3) is 0.381. The maximum Gasteiger partial charge on any atom is 0.373 e. The molecule has 1 N–H and O–H groups in total. The highest BCUT2D eigenvalue weighted by molar-refractivity contribution is 7.98. The number of anilines is 1. The Balaban J connectivity index is 2.58. The number of rotatable bonds is 9. The number of ether oxygens (including phenoxy) is 3. The van der Waals surface area contributed by atoms with Crippen LogP contribution < -0.4 is 10.1 Å². The highest BCUT2D eigenvalue weighted by Gasteiger charge is 2.29. The molecule has 2 aromatic rings. The molecular formula is C21H23N5O7S. The molecular weight excluding hydrogens is 466 g/mol. The minimum absolute atomic E-state index is 0.0615. The molecule has 0 amide bonds. The summed E-state index contributed by atoms with van der Waals surface area (Å²) in [5, 5.41) is 23.8. The molecule has 0 saturated heterocycles. The van der Waals surface area contributed by atoms with Gasteiger partial charge in [-0.15, -0.1) is 0 Å². The summed E-state index contributed by atoms with van der Waals surface area (Å²) >= 11 is 1.07. The monoisotopic (exact) mass is 489 g/mol. The number of nitriles is 1. The predicted molar refractivity (Wildman–Crippen MR) is 122 cm³/mol. The first-order valence-corrected chi connectivity index (χ1v) is 11.2. The van der Waals surface area contributed by atoms with Gasteiger partial charge in [-0.2, -0.15) is 15.2 Å². The SMILES string of the molecule is CCOC(=O)CNc1nc(SC)nc(Oc2cc(C#N)ccc2C(=O)OC(C)(C)C)c1[N+](=O)[O-]. The van der Waals surface area contributed by atoms with Gasteiger partial charge < -0.3 is 19.5 Å². The number of esters is 2. The van der Waals surface area contributed by atoms with E-state index in [1.807, 2.05) is 6.07 Å². The molecule has 12 nitrogen and oxygen atoms in total. The standard InChI is InChI=1S/C21H23N5O7S/c1-6-31-15(27)11-23-17-16(26(29)30)18(25-20(24-17)34-5)32-14-9-12(10-22)7-8-13(14)19(28)33-21(2,3)4/h7-9H,6,11H2,1-5H3,(H,23,24,25). The van der Waals surface area contributed by atoms with Gasteiger partial charge in [0.25, 0.3) is 0 Å². The molecule has 0 aliphatic carbocycles. The first-order chi connectivity index (χ1) is 16.0. The second-order valence-corrected chi connectivity index (χ2v) is 8.33. The van der Waals surface area contributed by atoms with Crippen molar-refractivity contribution in [3.05, 3.63) is 39.4 Å². The Morgan fingerprint density at radius 2 is 2.00 bits per heavy atom. The zero-order valence-electron chi connectivity index (χ0n) is 19.2. The Hall–Kier alpha value is -3.92. The second kappa shape index (κ2) is 11.3. The molecule has 180 valence electrons. The van der Waals surface area contributed by atoms with E-state index in [1.54, 1.807) is 34.0 Å². The number of nitrogens with one attached hydrogen (secondary N) is 1. The zero-order chi connectivity index (χ0) is 25.5. The maximum absolute atomic E-state index is 12.7. The average Bonchev–Trinajstić information content (AvgIpc) is 2.75. The molecule has 1 aromatic heterocycles. The van der Waals surface area contributed by atoms with Crippen molar-refractivity contribution in [2.75, 3.05) is 24.7 Å². The average molecular weight is 490 g/mol. The van der Waals surface area contributed by atoms with E-state index >= 15 is 0 Å². The van der Waals surface area contributed by atoms with Crippen molar-refractivity contribution in [3.8, 4) is 17.7 Å². The van der Waals surface area contributed by atoms with Crippen molar-refractivity contribution in [2.24, 2.45) is 0 Å². The largest absolute Gasteiger partial charge is 0.465 e. The van der Waals surface area contributed by atoms with Gasteiger partial charge in [0.15, 0.2) is 5.16 Å².